The number of thiocarbonyl (C=S) groups is 1. The first-order valence-corrected chi connectivity index (χ1v) is 11.3. The van der Waals surface area contributed by atoms with Crippen molar-refractivity contribution >= 4 is 35.1 Å². The highest BCUT2D eigenvalue weighted by Gasteiger charge is 2.43. The number of carbonyl (C=O) groups excluding carboxylic acids is 3. The summed E-state index contributed by atoms with van der Waals surface area (Å²) in [6, 6.07) is 13.2. The number of hydrogen-bond donors (Lipinski definition) is 2. The largest absolute Gasteiger partial charge is 0.493 e. The van der Waals surface area contributed by atoms with E-state index in [1.54, 1.807) is 57.5 Å². The lowest BCUT2D eigenvalue weighted by atomic mass is 10.1. The molecule has 10 heteroatoms. The van der Waals surface area contributed by atoms with Crippen molar-refractivity contribution < 1.29 is 23.9 Å². The van der Waals surface area contributed by atoms with Crippen LogP contribution in [0.2, 0.25) is 0 Å². The third-order valence-electron chi connectivity index (χ3n) is 5.44. The highest BCUT2D eigenvalue weighted by atomic mass is 32.1. The minimum atomic E-state index is -0.916. The summed E-state index contributed by atoms with van der Waals surface area (Å²) in [4.78, 5) is 39.6. The fourth-order valence-electron chi connectivity index (χ4n) is 3.64. The molecule has 9 nitrogen and oxygen atoms in total. The molecular weight excluding hydrogens is 456 g/mol. The zero-order valence-corrected chi connectivity index (χ0v) is 20.2. The summed E-state index contributed by atoms with van der Waals surface area (Å²) in [5.74, 6) is 0.187. The van der Waals surface area contributed by atoms with Crippen molar-refractivity contribution in [2.45, 2.75) is 25.8 Å². The summed E-state index contributed by atoms with van der Waals surface area (Å²) in [5, 5.41) is 4.31. The van der Waals surface area contributed by atoms with E-state index >= 15 is 0 Å². The van der Waals surface area contributed by atoms with Crippen LogP contribution in [-0.2, 0) is 16.0 Å². The third-order valence-corrected chi connectivity index (χ3v) is 5.85. The first-order chi connectivity index (χ1) is 16.4. The summed E-state index contributed by atoms with van der Waals surface area (Å²) in [5.41, 5.74) is 4.07. The maximum Gasteiger partial charge on any atom is 0.269 e. The van der Waals surface area contributed by atoms with Gasteiger partial charge in [0.15, 0.2) is 16.6 Å². The van der Waals surface area contributed by atoms with E-state index in [9.17, 15) is 14.4 Å². The van der Waals surface area contributed by atoms with E-state index in [1.807, 2.05) is 12.1 Å². The number of benzene rings is 2. The van der Waals surface area contributed by atoms with E-state index in [0.717, 1.165) is 5.56 Å². The average molecular weight is 485 g/mol. The molecular formula is C24H28N4O5S. The lowest BCUT2D eigenvalue weighted by Gasteiger charge is -2.24. The van der Waals surface area contributed by atoms with Gasteiger partial charge in [0.25, 0.3) is 11.8 Å². The van der Waals surface area contributed by atoms with E-state index in [2.05, 4.69) is 10.7 Å². The Bertz CT molecular complexity index is 1060. The summed E-state index contributed by atoms with van der Waals surface area (Å²) in [7, 11) is 3.13. The van der Waals surface area contributed by atoms with Gasteiger partial charge in [-0.1, -0.05) is 24.3 Å². The molecule has 1 saturated heterocycles. The van der Waals surface area contributed by atoms with Gasteiger partial charge in [0, 0.05) is 18.7 Å². The smallest absolute Gasteiger partial charge is 0.269 e. The fraction of sp³-hybridized carbons (Fsp3) is 0.333. The fourth-order valence-corrected chi connectivity index (χ4v) is 4.03. The minimum Gasteiger partial charge on any atom is -0.493 e. The molecule has 1 atom stereocenters. The Morgan fingerprint density at radius 2 is 1.76 bits per heavy atom. The molecule has 34 heavy (non-hydrogen) atoms. The molecule has 3 rings (SSSR count). The average Bonchev–Trinajstić information content (AvgIpc) is 3.07. The monoisotopic (exact) mass is 484 g/mol. The molecule has 0 aromatic heterocycles. The first-order valence-electron chi connectivity index (χ1n) is 10.9. The number of methoxy groups -OCH3 is 2. The highest BCUT2D eigenvalue weighted by molar-refractivity contribution is 7.80. The molecule has 0 aliphatic carbocycles. The summed E-state index contributed by atoms with van der Waals surface area (Å²) in [6.07, 6.45) is 0.426. The number of ether oxygens (including phenoxy) is 2. The Labute approximate surface area is 204 Å². The van der Waals surface area contributed by atoms with Gasteiger partial charge in [0.2, 0.25) is 5.91 Å². The molecule has 1 heterocycles. The van der Waals surface area contributed by atoms with E-state index in [4.69, 9.17) is 21.7 Å². The van der Waals surface area contributed by atoms with Crippen LogP contribution in [0.3, 0.4) is 0 Å². The Hall–Kier alpha value is -3.66. The van der Waals surface area contributed by atoms with E-state index in [0.29, 0.717) is 36.6 Å². The Morgan fingerprint density at radius 1 is 1.06 bits per heavy atom. The summed E-state index contributed by atoms with van der Waals surface area (Å²) in [6.45, 7) is 2.49. The van der Waals surface area contributed by atoms with Crippen LogP contribution in [0.1, 0.15) is 29.3 Å². The second kappa shape index (κ2) is 11.5. The highest BCUT2D eigenvalue weighted by Crippen LogP contribution is 2.27. The summed E-state index contributed by atoms with van der Waals surface area (Å²) >= 11 is 5.39. The molecule has 2 N–H and O–H groups in total. The van der Waals surface area contributed by atoms with E-state index in [-0.39, 0.29) is 23.3 Å². The molecule has 1 aliphatic rings. The van der Waals surface area contributed by atoms with E-state index in [1.165, 1.54) is 9.91 Å². The molecule has 1 fully saturated rings. The quantitative estimate of drug-likeness (QED) is 0.497. The van der Waals surface area contributed by atoms with Gasteiger partial charge >= 0.3 is 0 Å². The number of rotatable bonds is 10. The second-order valence-corrected chi connectivity index (χ2v) is 7.92. The van der Waals surface area contributed by atoms with Crippen molar-refractivity contribution in [2.75, 3.05) is 27.3 Å². The van der Waals surface area contributed by atoms with Crippen LogP contribution in [0, 0.1) is 0 Å². The van der Waals surface area contributed by atoms with Gasteiger partial charge in [-0.3, -0.25) is 24.7 Å². The van der Waals surface area contributed by atoms with Crippen molar-refractivity contribution in [1.29, 1.82) is 0 Å². The van der Waals surface area contributed by atoms with Crippen LogP contribution in [-0.4, -0.2) is 66.1 Å². The Morgan fingerprint density at radius 3 is 2.41 bits per heavy atom. The Balaban J connectivity index is 1.62. The van der Waals surface area contributed by atoms with Crippen LogP contribution in [0.4, 0.5) is 0 Å². The molecule has 0 bridgehead atoms. The molecule has 3 amide bonds. The number of nitrogens with zero attached hydrogens (tertiary/aromatic N) is 2. The molecule has 0 spiro atoms. The van der Waals surface area contributed by atoms with Crippen LogP contribution in [0.15, 0.2) is 48.5 Å². The van der Waals surface area contributed by atoms with Crippen molar-refractivity contribution in [1.82, 2.24) is 20.7 Å². The maximum absolute atomic E-state index is 12.9. The van der Waals surface area contributed by atoms with E-state index < -0.39 is 11.9 Å². The van der Waals surface area contributed by atoms with Crippen LogP contribution >= 0.6 is 12.2 Å². The lowest BCUT2D eigenvalue weighted by molar-refractivity contribution is -0.132. The van der Waals surface area contributed by atoms with Gasteiger partial charge < -0.3 is 14.8 Å². The van der Waals surface area contributed by atoms with Crippen LogP contribution < -0.4 is 20.2 Å². The molecule has 0 unspecified atom stereocenters. The zero-order valence-electron chi connectivity index (χ0n) is 19.4. The zero-order chi connectivity index (χ0) is 24.7. The topological polar surface area (TPSA) is 100 Å². The van der Waals surface area contributed by atoms with Crippen molar-refractivity contribution in [3.63, 3.8) is 0 Å². The molecule has 180 valence electrons. The SMILES string of the molecule is CCN1C(=O)[C@@H](CC(=O)NCCc2ccc(OC)c(OC)c2)N(NC(=O)c2ccccc2)C1=S. The molecule has 2 aromatic rings. The lowest BCUT2D eigenvalue weighted by Crippen LogP contribution is -2.50. The number of hydrazine groups is 1. The number of hydrogen-bond acceptors (Lipinski definition) is 6. The van der Waals surface area contributed by atoms with Gasteiger partial charge in [0.1, 0.15) is 6.04 Å². The normalized spacial score (nSPS) is 15.3. The van der Waals surface area contributed by atoms with Gasteiger partial charge in [-0.05, 0) is 55.4 Å². The number of nitrogens with one attached hydrogen (secondary N) is 2. The van der Waals surface area contributed by atoms with Crippen molar-refractivity contribution in [2.24, 2.45) is 0 Å². The minimum absolute atomic E-state index is 0.142. The van der Waals surface area contributed by atoms with Crippen LogP contribution in [0.25, 0.3) is 0 Å². The predicted molar refractivity (Wildman–Crippen MR) is 130 cm³/mol. The number of amides is 3. The van der Waals surface area contributed by atoms with Crippen molar-refractivity contribution in [3.8, 4) is 11.5 Å². The van der Waals surface area contributed by atoms with Gasteiger partial charge in [-0.15, -0.1) is 0 Å². The molecule has 0 saturated carbocycles. The van der Waals surface area contributed by atoms with Crippen molar-refractivity contribution in [3.05, 3.63) is 59.7 Å². The maximum atomic E-state index is 12.9. The predicted octanol–water partition coefficient (Wildman–Crippen LogP) is 1.92. The second-order valence-electron chi connectivity index (χ2n) is 7.55. The molecule has 0 radical (unpaired) electrons. The van der Waals surface area contributed by atoms with Gasteiger partial charge in [-0.2, -0.15) is 0 Å². The molecule has 1 aliphatic heterocycles. The number of carbonyl (C=O) groups is 3. The standard InChI is InChI=1S/C24H28N4O5S/c1-4-27-23(31)18(28(24(27)34)26-22(30)17-8-6-5-7-9-17)15-21(29)25-13-12-16-10-11-19(32-2)20(14-16)33-3/h5-11,14,18H,4,12-13,15H2,1-3H3,(H,25,29)(H,26,30)/t18-/m1/s1. The van der Waals surface area contributed by atoms with Crippen LogP contribution in [0.5, 0.6) is 11.5 Å². The summed E-state index contributed by atoms with van der Waals surface area (Å²) < 4.78 is 10.5. The number of likely N-dealkylation sites (N-methyl/N-ethyl adjacent to an activating group) is 1. The van der Waals surface area contributed by atoms with Gasteiger partial charge in [-0.25, -0.2) is 5.01 Å². The molecule has 2 aromatic carbocycles. The first kappa shape index (κ1) is 25.0. The third kappa shape index (κ3) is 5.63. The Kier molecular flexibility index (Phi) is 8.42. The van der Waals surface area contributed by atoms with Gasteiger partial charge in [0.05, 0.1) is 20.6 Å².